The Kier molecular flexibility index (Phi) is 3.27. The lowest BCUT2D eigenvalue weighted by Crippen LogP contribution is -2.31. The number of aryl methyl sites for hydroxylation is 1. The highest BCUT2D eigenvalue weighted by molar-refractivity contribution is 4.82. The molecule has 0 saturated carbocycles. The lowest BCUT2D eigenvalue weighted by Gasteiger charge is -2.06. The van der Waals surface area contributed by atoms with E-state index in [1.165, 1.54) is 4.57 Å². The predicted molar refractivity (Wildman–Crippen MR) is 49.4 cm³/mol. The van der Waals surface area contributed by atoms with E-state index in [1.807, 2.05) is 6.92 Å². The summed E-state index contributed by atoms with van der Waals surface area (Å²) in [4.78, 5) is 11.4. The van der Waals surface area contributed by atoms with Gasteiger partial charge in [-0.25, -0.2) is 4.79 Å². The molecule has 0 fully saturated rings. The average molecular weight is 185 g/mol. The van der Waals surface area contributed by atoms with Crippen molar-refractivity contribution in [3.8, 4) is 0 Å². The van der Waals surface area contributed by atoms with Crippen molar-refractivity contribution in [2.45, 2.75) is 26.1 Å². The monoisotopic (exact) mass is 185 g/mol. The fraction of sp³-hybridized carbons (Fsp3) is 0.625. The van der Waals surface area contributed by atoms with Crippen molar-refractivity contribution in [3.05, 3.63) is 22.9 Å². The summed E-state index contributed by atoms with van der Waals surface area (Å²) in [6.45, 7) is 2.97. The van der Waals surface area contributed by atoms with Gasteiger partial charge in [0.25, 0.3) is 0 Å². The molecule has 1 unspecified atom stereocenters. The van der Waals surface area contributed by atoms with Crippen molar-refractivity contribution in [3.63, 3.8) is 0 Å². The zero-order valence-electron chi connectivity index (χ0n) is 7.68. The van der Waals surface area contributed by atoms with Crippen LogP contribution in [0.15, 0.2) is 17.2 Å². The molecule has 5 heteroatoms. The topological polar surface area (TPSA) is 73.2 Å². The van der Waals surface area contributed by atoms with Crippen LogP contribution >= 0.6 is 0 Å². The molecule has 3 N–H and O–H groups in total. The predicted octanol–water partition coefficient (Wildman–Crippen LogP) is -1.01. The molecule has 1 rings (SSSR count). The Labute approximate surface area is 76.4 Å². The first kappa shape index (κ1) is 10.0. The maximum atomic E-state index is 11.4. The van der Waals surface area contributed by atoms with Crippen molar-refractivity contribution < 1.29 is 5.11 Å². The zero-order chi connectivity index (χ0) is 9.84. The summed E-state index contributed by atoms with van der Waals surface area (Å²) in [5, 5.41) is 9.22. The number of hydrogen-bond donors (Lipinski definition) is 2. The van der Waals surface area contributed by atoms with Crippen LogP contribution in [0.25, 0.3) is 0 Å². The third kappa shape index (κ3) is 2.19. The highest BCUT2D eigenvalue weighted by atomic mass is 16.3. The second kappa shape index (κ2) is 4.25. The molecule has 0 spiro atoms. The molecule has 74 valence electrons. The Morgan fingerprint density at radius 1 is 1.54 bits per heavy atom. The highest BCUT2D eigenvalue weighted by Gasteiger charge is 2.06. The number of aliphatic hydroxyl groups excluding tert-OH is 1. The molecule has 1 aromatic rings. The third-order valence-electron chi connectivity index (χ3n) is 1.94. The lowest BCUT2D eigenvalue weighted by atomic mass is 10.3. The first-order chi connectivity index (χ1) is 6.19. The maximum Gasteiger partial charge on any atom is 0.328 e. The Bertz CT molecular complexity index is 315. The summed E-state index contributed by atoms with van der Waals surface area (Å²) in [6, 6.07) is 0. The van der Waals surface area contributed by atoms with Crippen LogP contribution < -0.4 is 11.4 Å². The van der Waals surface area contributed by atoms with Crippen molar-refractivity contribution in [1.82, 2.24) is 9.13 Å². The fourth-order valence-corrected chi connectivity index (χ4v) is 1.13. The minimum absolute atomic E-state index is 0.102. The van der Waals surface area contributed by atoms with Gasteiger partial charge in [-0.2, -0.15) is 0 Å². The normalized spacial score (nSPS) is 13.2. The van der Waals surface area contributed by atoms with Crippen molar-refractivity contribution >= 4 is 0 Å². The molecule has 1 atom stereocenters. The third-order valence-corrected chi connectivity index (χ3v) is 1.94. The number of rotatable bonds is 4. The number of imidazole rings is 1. The van der Waals surface area contributed by atoms with Gasteiger partial charge in [-0.1, -0.05) is 0 Å². The molecular weight excluding hydrogens is 170 g/mol. The standard InChI is InChI=1S/C8H15N3O2/c1-2-10-3-4-11(8(10)13)6-7(12)5-9/h3-4,7,12H,2,5-6,9H2,1H3. The number of aliphatic hydroxyl groups is 1. The first-order valence-electron chi connectivity index (χ1n) is 4.32. The summed E-state index contributed by atoms with van der Waals surface area (Å²) < 4.78 is 3.03. The molecule has 0 bridgehead atoms. The molecule has 13 heavy (non-hydrogen) atoms. The Hall–Kier alpha value is -1.07. The molecular formula is C8H15N3O2. The van der Waals surface area contributed by atoms with Crippen LogP contribution in [0.2, 0.25) is 0 Å². The van der Waals surface area contributed by atoms with Gasteiger partial charge < -0.3 is 10.8 Å². The van der Waals surface area contributed by atoms with Crippen LogP contribution in [-0.4, -0.2) is 26.9 Å². The van der Waals surface area contributed by atoms with E-state index in [9.17, 15) is 9.90 Å². The number of nitrogens with two attached hydrogens (primary N) is 1. The van der Waals surface area contributed by atoms with Gasteiger partial charge >= 0.3 is 5.69 Å². The van der Waals surface area contributed by atoms with Crippen molar-refractivity contribution in [2.24, 2.45) is 5.73 Å². The van der Waals surface area contributed by atoms with Crippen molar-refractivity contribution in [1.29, 1.82) is 0 Å². The number of aromatic nitrogens is 2. The van der Waals surface area contributed by atoms with Crippen LogP contribution in [0.5, 0.6) is 0 Å². The van der Waals surface area contributed by atoms with Gasteiger partial charge in [0.1, 0.15) is 0 Å². The minimum atomic E-state index is -0.648. The zero-order valence-corrected chi connectivity index (χ0v) is 7.68. The van der Waals surface area contributed by atoms with Gasteiger partial charge in [0.15, 0.2) is 0 Å². The molecule has 0 aliphatic heterocycles. The van der Waals surface area contributed by atoms with Crippen LogP contribution in [0.4, 0.5) is 0 Å². The second-order valence-corrected chi connectivity index (χ2v) is 2.91. The SMILES string of the molecule is CCn1ccn(CC(O)CN)c1=O. The largest absolute Gasteiger partial charge is 0.390 e. The van der Waals surface area contributed by atoms with E-state index in [1.54, 1.807) is 17.0 Å². The molecule has 0 saturated heterocycles. The lowest BCUT2D eigenvalue weighted by molar-refractivity contribution is 0.160. The molecule has 0 radical (unpaired) electrons. The summed E-state index contributed by atoms with van der Waals surface area (Å²) in [5.74, 6) is 0. The van der Waals surface area contributed by atoms with E-state index in [2.05, 4.69) is 0 Å². The fourth-order valence-electron chi connectivity index (χ4n) is 1.13. The van der Waals surface area contributed by atoms with Crippen LogP contribution in [0, 0.1) is 0 Å². The van der Waals surface area contributed by atoms with E-state index in [0.717, 1.165) is 0 Å². The average Bonchev–Trinajstić information content (AvgIpc) is 2.48. The Balaban J connectivity index is 2.78. The quantitative estimate of drug-likeness (QED) is 0.631. The van der Waals surface area contributed by atoms with Gasteiger partial charge in [-0.3, -0.25) is 9.13 Å². The molecule has 0 amide bonds. The van der Waals surface area contributed by atoms with Crippen LogP contribution in [0.3, 0.4) is 0 Å². The summed E-state index contributed by atoms with van der Waals surface area (Å²) in [7, 11) is 0. The first-order valence-corrected chi connectivity index (χ1v) is 4.32. The van der Waals surface area contributed by atoms with E-state index in [4.69, 9.17) is 5.73 Å². The number of hydrogen-bond acceptors (Lipinski definition) is 3. The van der Waals surface area contributed by atoms with E-state index in [-0.39, 0.29) is 18.8 Å². The van der Waals surface area contributed by atoms with Gasteiger partial charge in [0.05, 0.1) is 12.6 Å². The molecule has 0 aliphatic rings. The smallest absolute Gasteiger partial charge is 0.328 e. The van der Waals surface area contributed by atoms with Crippen LogP contribution in [-0.2, 0) is 13.1 Å². The molecule has 0 aliphatic carbocycles. The molecule has 1 heterocycles. The summed E-state index contributed by atoms with van der Waals surface area (Å²) in [6.07, 6.45) is 2.71. The van der Waals surface area contributed by atoms with Gasteiger partial charge in [0.2, 0.25) is 0 Å². The van der Waals surface area contributed by atoms with Gasteiger partial charge in [0, 0.05) is 25.5 Å². The minimum Gasteiger partial charge on any atom is -0.390 e. The maximum absolute atomic E-state index is 11.4. The summed E-state index contributed by atoms with van der Waals surface area (Å²) >= 11 is 0. The van der Waals surface area contributed by atoms with Gasteiger partial charge in [-0.15, -0.1) is 0 Å². The van der Waals surface area contributed by atoms with E-state index >= 15 is 0 Å². The number of nitrogens with zero attached hydrogens (tertiary/aromatic N) is 2. The molecule has 1 aromatic heterocycles. The van der Waals surface area contributed by atoms with Crippen LogP contribution in [0.1, 0.15) is 6.92 Å². The second-order valence-electron chi connectivity index (χ2n) is 2.91. The van der Waals surface area contributed by atoms with E-state index < -0.39 is 6.10 Å². The van der Waals surface area contributed by atoms with Crippen molar-refractivity contribution in [2.75, 3.05) is 6.54 Å². The Morgan fingerprint density at radius 2 is 2.15 bits per heavy atom. The van der Waals surface area contributed by atoms with E-state index in [0.29, 0.717) is 6.54 Å². The van der Waals surface area contributed by atoms with Gasteiger partial charge in [-0.05, 0) is 6.92 Å². The molecule has 0 aromatic carbocycles. The molecule has 5 nitrogen and oxygen atoms in total. The Morgan fingerprint density at radius 3 is 2.62 bits per heavy atom. The highest BCUT2D eigenvalue weighted by Crippen LogP contribution is 1.88. The summed E-state index contributed by atoms with van der Waals surface area (Å²) in [5.41, 5.74) is 5.14.